The molecule has 0 aliphatic carbocycles. The van der Waals surface area contributed by atoms with Crippen LogP contribution in [-0.2, 0) is 13.2 Å². The largest absolute Gasteiger partial charge is 0.493 e. The second kappa shape index (κ2) is 9.16. The average Bonchev–Trinajstić information content (AvgIpc) is 2.58. The quantitative estimate of drug-likeness (QED) is 0.715. The predicted octanol–water partition coefficient (Wildman–Crippen LogP) is 3.80. The summed E-state index contributed by atoms with van der Waals surface area (Å²) in [6.45, 7) is 6.81. The zero-order valence-electron chi connectivity index (χ0n) is 14.2. The van der Waals surface area contributed by atoms with E-state index in [1.165, 1.54) is 12.0 Å². The van der Waals surface area contributed by atoms with Crippen molar-refractivity contribution in [2.45, 2.75) is 33.4 Å². The van der Waals surface area contributed by atoms with Crippen molar-refractivity contribution in [2.75, 3.05) is 13.7 Å². The molecule has 1 aromatic carbocycles. The summed E-state index contributed by atoms with van der Waals surface area (Å²) in [5.74, 6) is 2.23. The monoisotopic (exact) mass is 314 g/mol. The molecule has 1 aromatic heterocycles. The van der Waals surface area contributed by atoms with Gasteiger partial charge in [0.2, 0.25) is 0 Å². The lowest BCUT2D eigenvalue weighted by atomic mass is 10.1. The fourth-order valence-corrected chi connectivity index (χ4v) is 2.21. The van der Waals surface area contributed by atoms with Crippen molar-refractivity contribution in [3.8, 4) is 11.5 Å². The molecule has 1 N–H and O–H groups in total. The van der Waals surface area contributed by atoms with Crippen LogP contribution in [0.1, 0.15) is 31.4 Å². The second-order valence-corrected chi connectivity index (χ2v) is 5.99. The van der Waals surface area contributed by atoms with Crippen LogP contribution in [0.5, 0.6) is 11.5 Å². The van der Waals surface area contributed by atoms with E-state index in [0.29, 0.717) is 6.61 Å². The highest BCUT2D eigenvalue weighted by molar-refractivity contribution is 5.43. The topological polar surface area (TPSA) is 43.4 Å². The highest BCUT2D eigenvalue weighted by Crippen LogP contribution is 2.28. The summed E-state index contributed by atoms with van der Waals surface area (Å²) in [4.78, 5) is 4.10. The number of nitrogens with zero attached hydrogens (tertiary/aromatic N) is 1. The summed E-state index contributed by atoms with van der Waals surface area (Å²) in [5, 5.41) is 3.47. The Hall–Kier alpha value is -2.07. The zero-order valence-corrected chi connectivity index (χ0v) is 14.2. The molecule has 23 heavy (non-hydrogen) atoms. The van der Waals surface area contributed by atoms with Gasteiger partial charge < -0.3 is 14.8 Å². The Kier molecular flexibility index (Phi) is 6.88. The van der Waals surface area contributed by atoms with Crippen molar-refractivity contribution >= 4 is 0 Å². The van der Waals surface area contributed by atoms with Gasteiger partial charge in [0.25, 0.3) is 0 Å². The lowest BCUT2D eigenvalue weighted by Crippen LogP contribution is -2.16. The maximum Gasteiger partial charge on any atom is 0.161 e. The summed E-state index contributed by atoms with van der Waals surface area (Å²) in [6.07, 6.45) is 4.75. The summed E-state index contributed by atoms with van der Waals surface area (Å²) in [6, 6.07) is 9.97. The molecular weight excluding hydrogens is 288 g/mol. The summed E-state index contributed by atoms with van der Waals surface area (Å²) >= 11 is 0. The SMILES string of the molecule is COc1ccc(CNCCC(C)C)cc1OCc1cccnc1. The lowest BCUT2D eigenvalue weighted by molar-refractivity contribution is 0.283. The molecule has 0 atom stereocenters. The second-order valence-electron chi connectivity index (χ2n) is 5.99. The van der Waals surface area contributed by atoms with E-state index in [9.17, 15) is 0 Å². The van der Waals surface area contributed by atoms with Gasteiger partial charge in [-0.1, -0.05) is 26.0 Å². The number of benzene rings is 1. The molecule has 124 valence electrons. The van der Waals surface area contributed by atoms with Gasteiger partial charge in [0, 0.05) is 24.5 Å². The number of hydrogen-bond acceptors (Lipinski definition) is 4. The highest BCUT2D eigenvalue weighted by Gasteiger charge is 2.06. The van der Waals surface area contributed by atoms with Crippen molar-refractivity contribution in [1.29, 1.82) is 0 Å². The standard InChI is InChI=1S/C19H26N2O2/c1-15(2)8-10-21-12-16-6-7-18(22-3)19(11-16)23-14-17-5-4-9-20-13-17/h4-7,9,11,13,15,21H,8,10,12,14H2,1-3H3. The molecule has 2 aromatic rings. The molecule has 0 radical (unpaired) electrons. The van der Waals surface area contributed by atoms with Crippen molar-refractivity contribution in [2.24, 2.45) is 5.92 Å². The fraction of sp³-hybridized carbons (Fsp3) is 0.421. The van der Waals surface area contributed by atoms with Gasteiger partial charge in [-0.25, -0.2) is 0 Å². The normalized spacial score (nSPS) is 10.8. The van der Waals surface area contributed by atoms with Gasteiger partial charge >= 0.3 is 0 Å². The minimum Gasteiger partial charge on any atom is -0.493 e. The van der Waals surface area contributed by atoms with Crippen LogP contribution < -0.4 is 14.8 Å². The molecule has 0 fully saturated rings. The average molecular weight is 314 g/mol. The van der Waals surface area contributed by atoms with E-state index in [2.05, 4.69) is 30.2 Å². The fourth-order valence-electron chi connectivity index (χ4n) is 2.21. The van der Waals surface area contributed by atoms with Crippen LogP contribution in [0.3, 0.4) is 0 Å². The maximum absolute atomic E-state index is 5.91. The van der Waals surface area contributed by atoms with Crippen LogP contribution in [0.4, 0.5) is 0 Å². The van der Waals surface area contributed by atoms with Crippen molar-refractivity contribution in [3.63, 3.8) is 0 Å². The number of pyridine rings is 1. The van der Waals surface area contributed by atoms with Gasteiger partial charge in [0.1, 0.15) is 6.61 Å². The molecule has 0 unspecified atom stereocenters. The van der Waals surface area contributed by atoms with Crippen LogP contribution >= 0.6 is 0 Å². The van der Waals surface area contributed by atoms with Crippen LogP contribution in [0.25, 0.3) is 0 Å². The Bertz CT molecular complexity index is 585. The van der Waals surface area contributed by atoms with Crippen molar-refractivity contribution in [1.82, 2.24) is 10.3 Å². The number of rotatable bonds is 9. The molecule has 0 saturated carbocycles. The van der Waals surface area contributed by atoms with E-state index in [4.69, 9.17) is 9.47 Å². The Labute approximate surface area is 138 Å². The molecule has 0 aliphatic rings. The number of hydrogen-bond donors (Lipinski definition) is 1. The maximum atomic E-state index is 5.91. The van der Waals surface area contributed by atoms with Gasteiger partial charge in [-0.2, -0.15) is 0 Å². The van der Waals surface area contributed by atoms with Crippen molar-refractivity contribution < 1.29 is 9.47 Å². The van der Waals surface area contributed by atoms with E-state index in [1.807, 2.05) is 30.5 Å². The predicted molar refractivity (Wildman–Crippen MR) is 92.7 cm³/mol. The number of ether oxygens (including phenoxy) is 2. The van der Waals surface area contributed by atoms with Gasteiger partial charge in [-0.15, -0.1) is 0 Å². The Morgan fingerprint density at radius 2 is 2.00 bits per heavy atom. The van der Waals surface area contributed by atoms with Gasteiger partial charge in [-0.05, 0) is 42.6 Å². The van der Waals surface area contributed by atoms with Crippen LogP contribution in [0.15, 0.2) is 42.7 Å². The van der Waals surface area contributed by atoms with Crippen LogP contribution in [0, 0.1) is 5.92 Å². The Balaban J connectivity index is 1.95. The first kappa shape index (κ1) is 17.3. The van der Waals surface area contributed by atoms with E-state index in [1.54, 1.807) is 13.3 Å². The molecule has 0 amide bonds. The van der Waals surface area contributed by atoms with E-state index >= 15 is 0 Å². The first-order chi connectivity index (χ1) is 11.2. The van der Waals surface area contributed by atoms with E-state index < -0.39 is 0 Å². The number of nitrogens with one attached hydrogen (secondary N) is 1. The van der Waals surface area contributed by atoms with Gasteiger partial charge in [-0.3, -0.25) is 4.98 Å². The Morgan fingerprint density at radius 1 is 1.13 bits per heavy atom. The molecule has 1 heterocycles. The van der Waals surface area contributed by atoms with Crippen LogP contribution in [-0.4, -0.2) is 18.6 Å². The third kappa shape index (κ3) is 5.91. The third-order valence-electron chi connectivity index (χ3n) is 3.57. The number of methoxy groups -OCH3 is 1. The van der Waals surface area contributed by atoms with Gasteiger partial charge in [0.15, 0.2) is 11.5 Å². The summed E-state index contributed by atoms with van der Waals surface area (Å²) in [5.41, 5.74) is 2.23. The summed E-state index contributed by atoms with van der Waals surface area (Å²) in [7, 11) is 1.66. The van der Waals surface area contributed by atoms with Gasteiger partial charge in [0.05, 0.1) is 7.11 Å². The molecule has 4 nitrogen and oxygen atoms in total. The van der Waals surface area contributed by atoms with Crippen molar-refractivity contribution in [3.05, 3.63) is 53.9 Å². The number of aromatic nitrogens is 1. The van der Waals surface area contributed by atoms with E-state index in [-0.39, 0.29) is 0 Å². The molecule has 0 aliphatic heterocycles. The first-order valence-corrected chi connectivity index (χ1v) is 8.08. The third-order valence-corrected chi connectivity index (χ3v) is 3.57. The van der Waals surface area contributed by atoms with E-state index in [0.717, 1.165) is 36.1 Å². The van der Waals surface area contributed by atoms with Crippen LogP contribution in [0.2, 0.25) is 0 Å². The lowest BCUT2D eigenvalue weighted by Gasteiger charge is -2.13. The molecule has 2 rings (SSSR count). The molecular formula is C19H26N2O2. The minimum absolute atomic E-state index is 0.481. The molecule has 0 saturated heterocycles. The molecule has 0 spiro atoms. The molecule has 0 bridgehead atoms. The smallest absolute Gasteiger partial charge is 0.161 e. The molecule has 4 heteroatoms. The highest BCUT2D eigenvalue weighted by atomic mass is 16.5. The summed E-state index contributed by atoms with van der Waals surface area (Å²) < 4.78 is 11.3. The zero-order chi connectivity index (χ0) is 16.5. The Morgan fingerprint density at radius 3 is 2.70 bits per heavy atom. The first-order valence-electron chi connectivity index (χ1n) is 8.08. The minimum atomic E-state index is 0.481.